The fourth-order valence-electron chi connectivity index (χ4n) is 5.43. The van der Waals surface area contributed by atoms with Crippen molar-refractivity contribution in [3.63, 3.8) is 0 Å². The minimum absolute atomic E-state index is 0.0964. The third-order valence-corrected chi connectivity index (χ3v) is 8.00. The lowest BCUT2D eigenvalue weighted by molar-refractivity contribution is -0.158. The van der Waals surface area contributed by atoms with Crippen LogP contribution < -0.4 is 26.6 Å². The number of ether oxygens (including phenoxy) is 1. The van der Waals surface area contributed by atoms with Crippen LogP contribution >= 0.6 is 0 Å². The molecule has 0 saturated heterocycles. The molecular weight excluding hydrogens is 678 g/mol. The van der Waals surface area contributed by atoms with Crippen LogP contribution in [0.25, 0.3) is 0 Å². The van der Waals surface area contributed by atoms with Crippen molar-refractivity contribution in [2.45, 2.75) is 123 Å². The summed E-state index contributed by atoms with van der Waals surface area (Å²) >= 11 is 0. The average molecular weight is 736 g/mol. The van der Waals surface area contributed by atoms with E-state index in [0.717, 1.165) is 36.8 Å². The molecule has 0 spiro atoms. The number of amides is 5. The second kappa shape index (κ2) is 22.8. The molecule has 53 heavy (non-hydrogen) atoms. The van der Waals surface area contributed by atoms with Gasteiger partial charge in [-0.2, -0.15) is 0 Å². The second-order valence-corrected chi connectivity index (χ2v) is 14.0. The van der Waals surface area contributed by atoms with Gasteiger partial charge in [0.15, 0.2) is 6.04 Å². The second-order valence-electron chi connectivity index (χ2n) is 14.0. The first kappa shape index (κ1) is 44.1. The van der Waals surface area contributed by atoms with Crippen molar-refractivity contribution < 1.29 is 38.3 Å². The highest BCUT2D eigenvalue weighted by Crippen LogP contribution is 2.19. The standard InChI is InChI=1S/C40H57N5O8/c1-7-10-12-22-32(46)41-25-33(47)43-31(24-28-19-15-18-27(23-28)16-8-2)37(50)44-30(17-9-3)36(49)38(51)42-26-34(48)45-35(29-20-13-11-14-21-29)39(52)53-40(4,5)6/h11,13-15,18-21,23,30-31,35H,7-10,12,16-17,22,24-26H2,1-6H3,(H,41,46)(H,42,51)(H,43,47)(H,44,50)(H,45,48). The normalized spacial score (nSPS) is 12.7. The molecule has 2 aromatic carbocycles. The van der Waals surface area contributed by atoms with Gasteiger partial charge in [0.25, 0.3) is 5.91 Å². The van der Waals surface area contributed by atoms with E-state index in [2.05, 4.69) is 33.5 Å². The first-order valence-electron chi connectivity index (χ1n) is 18.5. The SMILES string of the molecule is CCCCCC(=O)NCC(=O)NC(Cc1cccc(CCC)c1)C(=O)NC(CCC)C(=O)C(=O)NCC(=O)NC(C(=O)OC(C)(C)C)c1ccccc1. The van der Waals surface area contributed by atoms with Gasteiger partial charge in [0.1, 0.15) is 11.6 Å². The summed E-state index contributed by atoms with van der Waals surface area (Å²) in [5.41, 5.74) is 1.49. The zero-order valence-corrected chi connectivity index (χ0v) is 32.0. The molecule has 0 radical (unpaired) electrons. The number of benzene rings is 2. The maximum atomic E-state index is 13.7. The minimum Gasteiger partial charge on any atom is -0.458 e. The van der Waals surface area contributed by atoms with Crippen LogP contribution in [-0.2, 0) is 51.1 Å². The van der Waals surface area contributed by atoms with Crippen LogP contribution in [0.3, 0.4) is 0 Å². The van der Waals surface area contributed by atoms with Gasteiger partial charge < -0.3 is 31.3 Å². The van der Waals surface area contributed by atoms with Gasteiger partial charge >= 0.3 is 5.97 Å². The molecule has 13 nitrogen and oxygen atoms in total. The van der Waals surface area contributed by atoms with Crippen molar-refractivity contribution in [2.75, 3.05) is 13.1 Å². The van der Waals surface area contributed by atoms with E-state index in [9.17, 15) is 33.6 Å². The smallest absolute Gasteiger partial charge is 0.333 e. The maximum Gasteiger partial charge on any atom is 0.333 e. The molecule has 0 aliphatic heterocycles. The summed E-state index contributed by atoms with van der Waals surface area (Å²) in [7, 11) is 0. The number of hydrogen-bond acceptors (Lipinski definition) is 8. The summed E-state index contributed by atoms with van der Waals surface area (Å²) in [6.07, 6.45) is 5.22. The Labute approximate surface area is 313 Å². The number of unbranched alkanes of at least 4 members (excludes halogenated alkanes) is 2. The van der Waals surface area contributed by atoms with E-state index in [-0.39, 0.29) is 31.7 Å². The Bertz CT molecular complexity index is 1540. The zero-order chi connectivity index (χ0) is 39.4. The number of carbonyl (C=O) groups excluding carboxylic acids is 7. The van der Waals surface area contributed by atoms with Gasteiger partial charge in [0, 0.05) is 12.8 Å². The van der Waals surface area contributed by atoms with Gasteiger partial charge in [-0.3, -0.25) is 28.8 Å². The lowest BCUT2D eigenvalue weighted by Gasteiger charge is -2.25. The largest absolute Gasteiger partial charge is 0.458 e. The highest BCUT2D eigenvalue weighted by molar-refractivity contribution is 6.38. The lowest BCUT2D eigenvalue weighted by Crippen LogP contribution is -2.55. The fourth-order valence-corrected chi connectivity index (χ4v) is 5.43. The van der Waals surface area contributed by atoms with Crippen molar-refractivity contribution in [1.82, 2.24) is 26.6 Å². The van der Waals surface area contributed by atoms with Crippen LogP contribution in [0.4, 0.5) is 0 Å². The van der Waals surface area contributed by atoms with E-state index in [4.69, 9.17) is 4.74 Å². The topological polar surface area (TPSA) is 189 Å². The number of ketones is 1. The van der Waals surface area contributed by atoms with Gasteiger partial charge in [0.2, 0.25) is 29.4 Å². The molecule has 0 fully saturated rings. The Hall–Kier alpha value is -5.07. The Balaban J connectivity index is 2.14. The molecule has 3 unspecified atom stereocenters. The predicted molar refractivity (Wildman–Crippen MR) is 201 cm³/mol. The van der Waals surface area contributed by atoms with Gasteiger partial charge in [-0.15, -0.1) is 0 Å². The highest BCUT2D eigenvalue weighted by atomic mass is 16.6. The summed E-state index contributed by atoms with van der Waals surface area (Å²) < 4.78 is 5.47. The first-order valence-corrected chi connectivity index (χ1v) is 18.5. The summed E-state index contributed by atoms with van der Waals surface area (Å²) in [6, 6.07) is 12.5. The quantitative estimate of drug-likeness (QED) is 0.0690. The number of carbonyl (C=O) groups is 7. The van der Waals surface area contributed by atoms with E-state index in [1.54, 1.807) is 58.0 Å². The molecule has 13 heteroatoms. The molecule has 290 valence electrons. The third kappa shape index (κ3) is 16.9. The molecule has 5 amide bonds. The molecule has 2 rings (SSSR count). The van der Waals surface area contributed by atoms with Gasteiger partial charge in [-0.25, -0.2) is 4.79 Å². The first-order chi connectivity index (χ1) is 25.2. The average Bonchev–Trinajstić information content (AvgIpc) is 3.11. The van der Waals surface area contributed by atoms with E-state index in [1.165, 1.54) is 0 Å². The van der Waals surface area contributed by atoms with E-state index >= 15 is 0 Å². The highest BCUT2D eigenvalue weighted by Gasteiger charge is 2.32. The van der Waals surface area contributed by atoms with Crippen LogP contribution in [0.15, 0.2) is 54.6 Å². The van der Waals surface area contributed by atoms with Crippen molar-refractivity contribution in [1.29, 1.82) is 0 Å². The Morgan fingerprint density at radius 2 is 1.34 bits per heavy atom. The Morgan fingerprint density at radius 3 is 1.98 bits per heavy atom. The molecule has 5 N–H and O–H groups in total. The van der Waals surface area contributed by atoms with Gasteiger partial charge in [-0.1, -0.05) is 101 Å². The Morgan fingerprint density at radius 1 is 0.679 bits per heavy atom. The maximum absolute atomic E-state index is 13.7. The predicted octanol–water partition coefficient (Wildman–Crippen LogP) is 3.53. The number of nitrogens with one attached hydrogen (secondary N) is 5. The number of Topliss-reactive ketones (excluding diaryl/α,β-unsaturated/α-hetero) is 1. The molecule has 0 aromatic heterocycles. The fraction of sp³-hybridized carbons (Fsp3) is 0.525. The molecule has 0 saturated carbocycles. The van der Waals surface area contributed by atoms with Crippen molar-refractivity contribution in [3.05, 3.63) is 71.3 Å². The summed E-state index contributed by atoms with van der Waals surface area (Å²) in [5, 5.41) is 12.7. The summed E-state index contributed by atoms with van der Waals surface area (Å²) in [4.78, 5) is 91.0. The van der Waals surface area contributed by atoms with Crippen LogP contribution in [0.5, 0.6) is 0 Å². The number of aryl methyl sites for hydroxylation is 1. The van der Waals surface area contributed by atoms with Crippen LogP contribution in [-0.4, -0.2) is 72.1 Å². The van der Waals surface area contributed by atoms with Crippen molar-refractivity contribution in [3.8, 4) is 0 Å². The molecule has 0 aliphatic carbocycles. The van der Waals surface area contributed by atoms with Gasteiger partial charge in [0.05, 0.1) is 19.1 Å². The minimum atomic E-state index is -1.25. The number of hydrogen-bond donors (Lipinski definition) is 5. The monoisotopic (exact) mass is 735 g/mol. The van der Waals surface area contributed by atoms with Crippen molar-refractivity contribution in [2.24, 2.45) is 0 Å². The molecule has 3 atom stereocenters. The van der Waals surface area contributed by atoms with E-state index in [1.807, 2.05) is 31.2 Å². The number of rotatable bonds is 22. The molecule has 0 heterocycles. The molecule has 2 aromatic rings. The van der Waals surface area contributed by atoms with Gasteiger partial charge in [-0.05, 0) is 56.7 Å². The molecule has 0 aliphatic rings. The summed E-state index contributed by atoms with van der Waals surface area (Å²) in [5.74, 6) is -5.06. The van der Waals surface area contributed by atoms with Crippen molar-refractivity contribution >= 4 is 41.3 Å². The lowest BCUT2D eigenvalue weighted by atomic mass is 10.00. The summed E-state index contributed by atoms with van der Waals surface area (Å²) in [6.45, 7) is 10.00. The van der Waals surface area contributed by atoms with Crippen LogP contribution in [0.1, 0.15) is 109 Å². The Kier molecular flexibility index (Phi) is 18.9. The molecule has 0 bridgehead atoms. The number of esters is 1. The molecular formula is C40H57N5O8. The van der Waals surface area contributed by atoms with Crippen LogP contribution in [0, 0.1) is 0 Å². The zero-order valence-electron chi connectivity index (χ0n) is 32.0. The van der Waals surface area contributed by atoms with Crippen LogP contribution in [0.2, 0.25) is 0 Å². The third-order valence-electron chi connectivity index (χ3n) is 8.00. The van der Waals surface area contributed by atoms with E-state index < -0.39 is 65.7 Å². The van der Waals surface area contributed by atoms with E-state index in [0.29, 0.717) is 18.4 Å².